The van der Waals surface area contributed by atoms with Gasteiger partial charge in [0.05, 0.1) is 13.7 Å². The Kier molecular flexibility index (Phi) is 8.18. The molecule has 0 aliphatic carbocycles. The zero-order chi connectivity index (χ0) is 17.2. The van der Waals surface area contributed by atoms with Gasteiger partial charge in [-0.2, -0.15) is 0 Å². The molecule has 23 heavy (non-hydrogen) atoms. The fourth-order valence-corrected chi connectivity index (χ4v) is 2.02. The van der Waals surface area contributed by atoms with Crippen molar-refractivity contribution in [1.82, 2.24) is 4.98 Å². The molecule has 1 aromatic heterocycles. The molecule has 1 amide bonds. The summed E-state index contributed by atoms with van der Waals surface area (Å²) >= 11 is 0. The van der Waals surface area contributed by atoms with E-state index in [4.69, 9.17) is 24.7 Å². The van der Waals surface area contributed by atoms with E-state index in [0.29, 0.717) is 31.3 Å². The molecule has 0 aromatic carbocycles. The maximum atomic E-state index is 11.0. The second-order valence-corrected chi connectivity index (χ2v) is 5.47. The fourth-order valence-electron chi connectivity index (χ4n) is 2.02. The van der Waals surface area contributed by atoms with Gasteiger partial charge in [-0.15, -0.1) is 0 Å². The maximum Gasteiger partial charge on any atom is 0.404 e. The molecule has 1 atom stereocenters. The zero-order valence-electron chi connectivity index (χ0n) is 14.2. The summed E-state index contributed by atoms with van der Waals surface area (Å²) in [5, 5.41) is 0. The van der Waals surface area contributed by atoms with Crippen molar-refractivity contribution in [3.63, 3.8) is 0 Å². The van der Waals surface area contributed by atoms with Crippen LogP contribution in [0.3, 0.4) is 0 Å². The lowest BCUT2D eigenvalue weighted by Gasteiger charge is -2.20. The number of nitrogens with zero attached hydrogens (tertiary/aromatic N) is 1. The Morgan fingerprint density at radius 1 is 1.30 bits per heavy atom. The van der Waals surface area contributed by atoms with Crippen molar-refractivity contribution in [3.8, 4) is 11.6 Å². The Morgan fingerprint density at radius 3 is 2.61 bits per heavy atom. The summed E-state index contributed by atoms with van der Waals surface area (Å²) in [6, 6.07) is 1.85. The molecule has 2 N–H and O–H groups in total. The van der Waals surface area contributed by atoms with Crippen LogP contribution in [0.5, 0.6) is 11.6 Å². The molecule has 0 aliphatic heterocycles. The van der Waals surface area contributed by atoms with Gasteiger partial charge in [0.25, 0.3) is 5.88 Å². The smallest absolute Gasteiger partial charge is 0.404 e. The molecule has 0 radical (unpaired) electrons. The number of hydrogen-bond acceptors (Lipinski definition) is 6. The lowest BCUT2D eigenvalue weighted by molar-refractivity contribution is 0.0787. The minimum absolute atomic E-state index is 0.135. The molecule has 0 saturated heterocycles. The monoisotopic (exact) mass is 326 g/mol. The molecule has 0 unspecified atom stereocenters. The van der Waals surface area contributed by atoms with Gasteiger partial charge >= 0.3 is 6.09 Å². The normalized spacial score (nSPS) is 12.0. The highest BCUT2D eigenvalue weighted by molar-refractivity contribution is 5.64. The lowest BCUT2D eigenvalue weighted by atomic mass is 10.00. The summed E-state index contributed by atoms with van der Waals surface area (Å²) in [5.41, 5.74) is 6.00. The van der Waals surface area contributed by atoms with Crippen molar-refractivity contribution >= 4 is 6.09 Å². The number of methoxy groups -OCH3 is 2. The van der Waals surface area contributed by atoms with E-state index in [-0.39, 0.29) is 12.0 Å². The van der Waals surface area contributed by atoms with Crippen LogP contribution in [0.1, 0.15) is 25.8 Å². The number of aromatic nitrogens is 1. The molecule has 1 aromatic rings. The highest BCUT2D eigenvalue weighted by Crippen LogP contribution is 2.26. The highest BCUT2D eigenvalue weighted by Gasteiger charge is 2.19. The van der Waals surface area contributed by atoms with Crippen LogP contribution in [0.2, 0.25) is 0 Å². The third-order valence-corrected chi connectivity index (χ3v) is 3.27. The molecule has 7 nitrogen and oxygen atoms in total. The van der Waals surface area contributed by atoms with Crippen molar-refractivity contribution in [2.75, 3.05) is 27.4 Å². The van der Waals surface area contributed by atoms with Crippen LogP contribution >= 0.6 is 0 Å². The van der Waals surface area contributed by atoms with Crippen molar-refractivity contribution in [1.29, 1.82) is 0 Å². The number of amides is 1. The topological polar surface area (TPSA) is 92.9 Å². The summed E-state index contributed by atoms with van der Waals surface area (Å²) < 4.78 is 21.0. The van der Waals surface area contributed by atoms with E-state index < -0.39 is 6.09 Å². The van der Waals surface area contributed by atoms with Gasteiger partial charge in [0, 0.05) is 32.8 Å². The molecule has 0 saturated carbocycles. The van der Waals surface area contributed by atoms with Crippen LogP contribution in [0.25, 0.3) is 0 Å². The molecule has 130 valence electrons. The predicted octanol–water partition coefficient (Wildman–Crippen LogP) is 2.17. The predicted molar refractivity (Wildman–Crippen MR) is 85.8 cm³/mol. The second-order valence-electron chi connectivity index (χ2n) is 5.47. The van der Waals surface area contributed by atoms with E-state index in [2.05, 4.69) is 4.98 Å². The van der Waals surface area contributed by atoms with E-state index in [1.54, 1.807) is 13.3 Å². The number of nitrogens with two attached hydrogens (primary N) is 1. The number of carbonyl (C=O) groups is 1. The molecule has 7 heteroatoms. The molecule has 1 heterocycles. The van der Waals surface area contributed by atoms with Crippen molar-refractivity contribution in [2.45, 2.75) is 32.8 Å². The number of primary amides is 1. The summed E-state index contributed by atoms with van der Waals surface area (Å²) in [4.78, 5) is 15.2. The number of rotatable bonds is 10. The van der Waals surface area contributed by atoms with Gasteiger partial charge < -0.3 is 24.7 Å². The summed E-state index contributed by atoms with van der Waals surface area (Å²) in [5.74, 6) is 1.11. The number of ether oxygens (including phenoxy) is 4. The molecular formula is C16H26N2O5. The van der Waals surface area contributed by atoms with E-state index in [0.717, 1.165) is 12.0 Å². The van der Waals surface area contributed by atoms with Crippen molar-refractivity contribution < 1.29 is 23.7 Å². The highest BCUT2D eigenvalue weighted by atomic mass is 16.6. The molecule has 0 fully saturated rings. The third-order valence-electron chi connectivity index (χ3n) is 3.27. The number of hydrogen-bond donors (Lipinski definition) is 1. The van der Waals surface area contributed by atoms with Crippen molar-refractivity contribution in [2.24, 2.45) is 11.7 Å². The van der Waals surface area contributed by atoms with E-state index in [1.807, 2.05) is 19.9 Å². The van der Waals surface area contributed by atoms with Gasteiger partial charge in [0.15, 0.2) is 5.75 Å². The summed E-state index contributed by atoms with van der Waals surface area (Å²) in [6.45, 7) is 5.05. The fraction of sp³-hybridized carbons (Fsp3) is 0.625. The first-order valence-corrected chi connectivity index (χ1v) is 7.58. The Labute approximate surface area is 137 Å². The number of pyridine rings is 1. The Morgan fingerprint density at radius 2 is 2.04 bits per heavy atom. The average Bonchev–Trinajstić information content (AvgIpc) is 2.50. The zero-order valence-corrected chi connectivity index (χ0v) is 14.2. The first-order chi connectivity index (χ1) is 11.0. The van der Waals surface area contributed by atoms with E-state index in [1.165, 1.54) is 7.11 Å². The largest absolute Gasteiger partial charge is 0.488 e. The standard InChI is InChI=1S/C16H26N2O5/c1-11(2)13(23-16(17)19)8-12-9-14(15(21-4)18-10-12)22-7-5-6-20-3/h9-11,13H,5-8H2,1-4H3,(H2,17,19)/t13-/m0/s1. The van der Waals surface area contributed by atoms with Crippen LogP contribution in [-0.4, -0.2) is 44.6 Å². The first-order valence-electron chi connectivity index (χ1n) is 7.58. The number of carbonyl (C=O) groups excluding carboxylic acids is 1. The SMILES string of the molecule is COCCCOc1cc(C[C@H](OC(N)=O)C(C)C)cnc1OC. The van der Waals surface area contributed by atoms with Crippen LogP contribution in [0, 0.1) is 5.92 Å². The van der Waals surface area contributed by atoms with Gasteiger partial charge in [-0.1, -0.05) is 13.8 Å². The Bertz CT molecular complexity index is 493. The summed E-state index contributed by atoms with van der Waals surface area (Å²) in [7, 11) is 3.19. The quantitative estimate of drug-likeness (QED) is 0.662. The average molecular weight is 326 g/mol. The minimum atomic E-state index is -0.777. The van der Waals surface area contributed by atoms with Crippen LogP contribution in [0.15, 0.2) is 12.3 Å². The van der Waals surface area contributed by atoms with Gasteiger partial charge in [-0.05, 0) is 17.5 Å². The Balaban J connectivity index is 2.80. The molecule has 0 bridgehead atoms. The van der Waals surface area contributed by atoms with Gasteiger partial charge in [-0.25, -0.2) is 9.78 Å². The van der Waals surface area contributed by atoms with Gasteiger partial charge in [0.1, 0.15) is 6.10 Å². The molecular weight excluding hydrogens is 300 g/mol. The lowest BCUT2D eigenvalue weighted by Crippen LogP contribution is -2.29. The van der Waals surface area contributed by atoms with Gasteiger partial charge in [-0.3, -0.25) is 0 Å². The second kappa shape index (κ2) is 9.89. The Hall–Kier alpha value is -2.02. The van der Waals surface area contributed by atoms with E-state index >= 15 is 0 Å². The van der Waals surface area contributed by atoms with E-state index in [9.17, 15) is 4.79 Å². The minimum Gasteiger partial charge on any atom is -0.488 e. The van der Waals surface area contributed by atoms with Crippen LogP contribution < -0.4 is 15.2 Å². The molecule has 0 spiro atoms. The first kappa shape index (κ1) is 19.0. The van der Waals surface area contributed by atoms with Crippen molar-refractivity contribution in [3.05, 3.63) is 17.8 Å². The molecule has 1 rings (SSSR count). The van der Waals surface area contributed by atoms with Crippen LogP contribution in [-0.2, 0) is 15.9 Å². The van der Waals surface area contributed by atoms with Crippen LogP contribution in [0.4, 0.5) is 4.79 Å². The molecule has 0 aliphatic rings. The summed E-state index contributed by atoms with van der Waals surface area (Å²) in [6.07, 6.45) is 1.86. The maximum absolute atomic E-state index is 11.0. The third kappa shape index (κ3) is 6.73. The van der Waals surface area contributed by atoms with Gasteiger partial charge in [0.2, 0.25) is 0 Å².